The number of rotatable bonds is 4. The van der Waals surface area contributed by atoms with Gasteiger partial charge in [0.25, 0.3) is 0 Å². The van der Waals surface area contributed by atoms with Crippen LogP contribution >= 0.6 is 0 Å². The summed E-state index contributed by atoms with van der Waals surface area (Å²) in [5.74, 6) is 0.435. The predicted octanol–water partition coefficient (Wildman–Crippen LogP) is 4.46. The zero-order valence-corrected chi connectivity index (χ0v) is 14.3. The Kier molecular flexibility index (Phi) is 4.51. The summed E-state index contributed by atoms with van der Waals surface area (Å²) in [4.78, 5) is 14.9. The first-order valence-electron chi connectivity index (χ1n) is 8.48. The largest absolute Gasteiger partial charge is 0.336 e. The van der Waals surface area contributed by atoms with Crippen molar-refractivity contribution in [2.45, 2.75) is 39.7 Å². The molecule has 3 rings (SSSR count). The van der Waals surface area contributed by atoms with Crippen molar-refractivity contribution in [1.82, 2.24) is 4.90 Å². The zero-order chi connectivity index (χ0) is 16.4. The molecule has 1 aliphatic heterocycles. The fraction of sp³-hybridized carbons (Fsp3) is 0.381. The van der Waals surface area contributed by atoms with Gasteiger partial charge in [0.15, 0.2) is 0 Å². The SMILES string of the molecule is Cc1cccc(C)c1C[C@H]1CCN([C@@H](C)c2ccccc2)C1=O. The van der Waals surface area contributed by atoms with Crippen molar-refractivity contribution < 1.29 is 4.79 Å². The van der Waals surface area contributed by atoms with Gasteiger partial charge in [-0.1, -0.05) is 48.5 Å². The highest BCUT2D eigenvalue weighted by atomic mass is 16.2. The summed E-state index contributed by atoms with van der Waals surface area (Å²) in [6.45, 7) is 7.29. The van der Waals surface area contributed by atoms with Crippen LogP contribution in [0.4, 0.5) is 0 Å². The maximum Gasteiger partial charge on any atom is 0.226 e. The molecule has 0 unspecified atom stereocenters. The van der Waals surface area contributed by atoms with Crippen LogP contribution in [0.25, 0.3) is 0 Å². The van der Waals surface area contributed by atoms with Gasteiger partial charge in [0.05, 0.1) is 6.04 Å². The molecular formula is C21H25NO. The smallest absolute Gasteiger partial charge is 0.226 e. The quantitative estimate of drug-likeness (QED) is 0.817. The Balaban J connectivity index is 1.74. The molecule has 1 fully saturated rings. The summed E-state index contributed by atoms with van der Waals surface area (Å²) in [6.07, 6.45) is 1.83. The second-order valence-corrected chi connectivity index (χ2v) is 6.68. The van der Waals surface area contributed by atoms with Gasteiger partial charge in [-0.15, -0.1) is 0 Å². The van der Waals surface area contributed by atoms with Crippen LogP contribution in [0.15, 0.2) is 48.5 Å². The fourth-order valence-electron chi connectivity index (χ4n) is 3.67. The number of benzene rings is 2. The molecule has 1 amide bonds. The second kappa shape index (κ2) is 6.57. The number of amides is 1. The average molecular weight is 307 g/mol. The molecule has 1 saturated heterocycles. The van der Waals surface area contributed by atoms with E-state index in [0.717, 1.165) is 19.4 Å². The molecule has 0 radical (unpaired) electrons. The van der Waals surface area contributed by atoms with E-state index < -0.39 is 0 Å². The van der Waals surface area contributed by atoms with Crippen molar-refractivity contribution >= 4 is 5.91 Å². The molecule has 2 atom stereocenters. The maximum atomic E-state index is 12.9. The molecule has 2 aromatic carbocycles. The third kappa shape index (κ3) is 3.17. The van der Waals surface area contributed by atoms with Gasteiger partial charge in [0, 0.05) is 12.5 Å². The third-order valence-electron chi connectivity index (χ3n) is 5.20. The Hall–Kier alpha value is -2.09. The minimum absolute atomic E-state index is 0.126. The molecule has 1 aliphatic rings. The van der Waals surface area contributed by atoms with Crippen LogP contribution in [0.1, 0.15) is 41.6 Å². The summed E-state index contributed by atoms with van der Waals surface area (Å²) in [7, 11) is 0. The van der Waals surface area contributed by atoms with E-state index in [2.05, 4.69) is 51.1 Å². The molecular weight excluding hydrogens is 282 g/mol. The van der Waals surface area contributed by atoms with Crippen LogP contribution in [0.2, 0.25) is 0 Å². The minimum Gasteiger partial charge on any atom is -0.336 e. The Morgan fingerprint density at radius 2 is 1.70 bits per heavy atom. The first-order chi connectivity index (χ1) is 11.1. The topological polar surface area (TPSA) is 20.3 Å². The molecule has 0 spiro atoms. The van der Waals surface area contributed by atoms with Gasteiger partial charge in [-0.3, -0.25) is 4.79 Å². The van der Waals surface area contributed by atoms with Crippen molar-refractivity contribution in [1.29, 1.82) is 0 Å². The van der Waals surface area contributed by atoms with Gasteiger partial charge in [0.1, 0.15) is 0 Å². The monoisotopic (exact) mass is 307 g/mol. The van der Waals surface area contributed by atoms with Crippen LogP contribution in [0.3, 0.4) is 0 Å². The van der Waals surface area contributed by atoms with Crippen molar-refractivity contribution in [3.8, 4) is 0 Å². The summed E-state index contributed by atoms with van der Waals surface area (Å²) in [6, 6.07) is 16.9. The lowest BCUT2D eigenvalue weighted by Crippen LogP contribution is -2.30. The third-order valence-corrected chi connectivity index (χ3v) is 5.20. The van der Waals surface area contributed by atoms with E-state index in [1.54, 1.807) is 0 Å². The lowest BCUT2D eigenvalue weighted by Gasteiger charge is -2.25. The van der Waals surface area contributed by atoms with E-state index in [1.165, 1.54) is 22.3 Å². The van der Waals surface area contributed by atoms with Gasteiger partial charge >= 0.3 is 0 Å². The van der Waals surface area contributed by atoms with E-state index >= 15 is 0 Å². The normalized spacial score (nSPS) is 19.2. The van der Waals surface area contributed by atoms with Crippen LogP contribution < -0.4 is 0 Å². The molecule has 0 N–H and O–H groups in total. The fourth-order valence-corrected chi connectivity index (χ4v) is 3.67. The second-order valence-electron chi connectivity index (χ2n) is 6.68. The highest BCUT2D eigenvalue weighted by Gasteiger charge is 2.35. The molecule has 120 valence electrons. The Morgan fingerprint density at radius 1 is 1.04 bits per heavy atom. The molecule has 23 heavy (non-hydrogen) atoms. The standard InChI is InChI=1S/C21H25NO/c1-15-8-7-9-16(2)20(15)14-19-12-13-22(21(19)23)17(3)18-10-5-4-6-11-18/h4-11,17,19H,12-14H2,1-3H3/t17-,19+/m0/s1. The van der Waals surface area contributed by atoms with Crippen LogP contribution in [0, 0.1) is 19.8 Å². The van der Waals surface area contributed by atoms with E-state index in [9.17, 15) is 4.79 Å². The van der Waals surface area contributed by atoms with Crippen molar-refractivity contribution in [2.24, 2.45) is 5.92 Å². The average Bonchev–Trinajstić information content (AvgIpc) is 2.92. The number of likely N-dealkylation sites (tertiary alicyclic amines) is 1. The van der Waals surface area contributed by atoms with Gasteiger partial charge in [0.2, 0.25) is 5.91 Å². The van der Waals surface area contributed by atoms with Crippen molar-refractivity contribution in [3.63, 3.8) is 0 Å². The lowest BCUT2D eigenvalue weighted by atomic mass is 9.92. The van der Waals surface area contributed by atoms with Crippen LogP contribution in [0.5, 0.6) is 0 Å². The molecule has 0 aromatic heterocycles. The summed E-state index contributed by atoms with van der Waals surface area (Å²) in [5.41, 5.74) is 5.16. The minimum atomic E-state index is 0.126. The molecule has 2 nitrogen and oxygen atoms in total. The summed E-state index contributed by atoms with van der Waals surface area (Å²) in [5, 5.41) is 0. The van der Waals surface area contributed by atoms with E-state index in [4.69, 9.17) is 0 Å². The number of hydrogen-bond acceptors (Lipinski definition) is 1. The van der Waals surface area contributed by atoms with Crippen LogP contribution in [-0.2, 0) is 11.2 Å². The Labute approximate surface area is 139 Å². The van der Waals surface area contributed by atoms with Crippen molar-refractivity contribution in [2.75, 3.05) is 6.54 Å². The van der Waals surface area contributed by atoms with Gasteiger partial charge < -0.3 is 4.90 Å². The van der Waals surface area contributed by atoms with Gasteiger partial charge in [-0.2, -0.15) is 0 Å². The summed E-state index contributed by atoms with van der Waals surface area (Å²) < 4.78 is 0. The Bertz CT molecular complexity index is 672. The molecule has 0 saturated carbocycles. The van der Waals surface area contributed by atoms with Gasteiger partial charge in [-0.05, 0) is 55.9 Å². The maximum absolute atomic E-state index is 12.9. The number of nitrogens with zero attached hydrogens (tertiary/aromatic N) is 1. The number of hydrogen-bond donors (Lipinski definition) is 0. The van der Waals surface area contributed by atoms with E-state index in [-0.39, 0.29) is 12.0 Å². The predicted molar refractivity (Wildman–Crippen MR) is 94.3 cm³/mol. The molecule has 2 aromatic rings. The zero-order valence-electron chi connectivity index (χ0n) is 14.3. The molecule has 0 bridgehead atoms. The Morgan fingerprint density at radius 3 is 2.35 bits per heavy atom. The van der Waals surface area contributed by atoms with Gasteiger partial charge in [-0.25, -0.2) is 0 Å². The van der Waals surface area contributed by atoms with E-state index in [0.29, 0.717) is 5.91 Å². The summed E-state index contributed by atoms with van der Waals surface area (Å²) >= 11 is 0. The highest BCUT2D eigenvalue weighted by Crippen LogP contribution is 2.31. The van der Waals surface area contributed by atoms with Crippen molar-refractivity contribution in [3.05, 3.63) is 70.8 Å². The highest BCUT2D eigenvalue weighted by molar-refractivity contribution is 5.81. The number of aryl methyl sites for hydroxylation is 2. The lowest BCUT2D eigenvalue weighted by molar-refractivity contribution is -0.132. The van der Waals surface area contributed by atoms with Crippen LogP contribution in [-0.4, -0.2) is 17.4 Å². The first kappa shape index (κ1) is 15.8. The number of carbonyl (C=O) groups excluding carboxylic acids is 1. The molecule has 0 aliphatic carbocycles. The molecule has 2 heteroatoms. The molecule has 1 heterocycles. The van der Waals surface area contributed by atoms with E-state index in [1.807, 2.05) is 23.1 Å². The number of carbonyl (C=O) groups is 1. The first-order valence-corrected chi connectivity index (χ1v) is 8.48.